The van der Waals surface area contributed by atoms with Gasteiger partial charge in [-0.3, -0.25) is 9.58 Å². The van der Waals surface area contributed by atoms with Crippen molar-refractivity contribution in [3.8, 4) is 0 Å². The Balaban J connectivity index is 2.09. The highest BCUT2D eigenvalue weighted by Crippen LogP contribution is 2.27. The van der Waals surface area contributed by atoms with Crippen LogP contribution in [0.15, 0.2) is 0 Å². The summed E-state index contributed by atoms with van der Waals surface area (Å²) in [5.41, 5.74) is 9.81. The van der Waals surface area contributed by atoms with Crippen LogP contribution in [-0.2, 0) is 13.6 Å². The van der Waals surface area contributed by atoms with Crippen molar-refractivity contribution in [2.75, 3.05) is 13.1 Å². The van der Waals surface area contributed by atoms with Crippen LogP contribution in [0, 0.1) is 19.8 Å². The van der Waals surface area contributed by atoms with E-state index in [4.69, 9.17) is 5.73 Å². The summed E-state index contributed by atoms with van der Waals surface area (Å²) >= 11 is 0. The van der Waals surface area contributed by atoms with E-state index in [1.54, 1.807) is 0 Å². The van der Waals surface area contributed by atoms with Gasteiger partial charge in [0.25, 0.3) is 0 Å². The highest BCUT2D eigenvalue weighted by atomic mass is 15.3. The molecule has 2 heterocycles. The van der Waals surface area contributed by atoms with E-state index in [-0.39, 0.29) is 0 Å². The molecule has 1 saturated heterocycles. The molecule has 0 radical (unpaired) electrons. The second kappa shape index (κ2) is 6.06. The highest BCUT2D eigenvalue weighted by Gasteiger charge is 2.27. The van der Waals surface area contributed by atoms with Crippen LogP contribution in [0.3, 0.4) is 0 Å². The summed E-state index contributed by atoms with van der Waals surface area (Å²) < 4.78 is 1.99. The SMILES string of the molecule is CCC1CCN(Cc2c(C)nn(C)c2C)C(CN)C1. The zero-order valence-corrected chi connectivity index (χ0v) is 12.8. The monoisotopic (exact) mass is 264 g/mol. The van der Waals surface area contributed by atoms with E-state index >= 15 is 0 Å². The van der Waals surface area contributed by atoms with Crippen LogP contribution < -0.4 is 5.73 Å². The molecule has 1 aliphatic heterocycles. The molecule has 2 rings (SSSR count). The normalized spacial score (nSPS) is 24.9. The first-order chi connectivity index (χ1) is 9.06. The molecule has 4 nitrogen and oxygen atoms in total. The van der Waals surface area contributed by atoms with Crippen molar-refractivity contribution in [2.24, 2.45) is 18.7 Å². The molecular weight excluding hydrogens is 236 g/mol. The lowest BCUT2D eigenvalue weighted by Crippen LogP contribution is -2.46. The summed E-state index contributed by atoms with van der Waals surface area (Å²) in [6.07, 6.45) is 3.85. The van der Waals surface area contributed by atoms with Gasteiger partial charge < -0.3 is 5.73 Å². The van der Waals surface area contributed by atoms with Crippen LogP contribution in [0.2, 0.25) is 0 Å². The first kappa shape index (κ1) is 14.5. The molecule has 2 N–H and O–H groups in total. The summed E-state index contributed by atoms with van der Waals surface area (Å²) in [6, 6.07) is 0.540. The second-order valence-electron chi connectivity index (χ2n) is 5.93. The summed E-state index contributed by atoms with van der Waals surface area (Å²) in [5.74, 6) is 0.862. The smallest absolute Gasteiger partial charge is 0.0641 e. The molecule has 0 aliphatic carbocycles. The van der Waals surface area contributed by atoms with E-state index in [1.165, 1.54) is 37.1 Å². The first-order valence-electron chi connectivity index (χ1n) is 7.50. The lowest BCUT2D eigenvalue weighted by Gasteiger charge is -2.39. The van der Waals surface area contributed by atoms with E-state index in [0.29, 0.717) is 6.04 Å². The molecule has 19 heavy (non-hydrogen) atoms. The van der Waals surface area contributed by atoms with Crippen molar-refractivity contribution in [3.05, 3.63) is 17.0 Å². The molecule has 0 bridgehead atoms. The first-order valence-corrected chi connectivity index (χ1v) is 7.50. The maximum absolute atomic E-state index is 5.98. The standard InChI is InChI=1S/C15H28N4/c1-5-13-6-7-19(14(8-13)9-16)10-15-11(2)17-18(4)12(15)3/h13-14H,5-10,16H2,1-4H3. The van der Waals surface area contributed by atoms with Gasteiger partial charge in [-0.2, -0.15) is 5.10 Å². The molecule has 2 unspecified atom stereocenters. The predicted octanol–water partition coefficient (Wildman–Crippen LogP) is 1.99. The topological polar surface area (TPSA) is 47.1 Å². The Labute approximate surface area is 117 Å². The van der Waals surface area contributed by atoms with Crippen molar-refractivity contribution in [1.29, 1.82) is 0 Å². The van der Waals surface area contributed by atoms with Crippen molar-refractivity contribution >= 4 is 0 Å². The Morgan fingerprint density at radius 1 is 1.37 bits per heavy atom. The van der Waals surface area contributed by atoms with Gasteiger partial charge in [-0.1, -0.05) is 13.3 Å². The molecular formula is C15H28N4. The largest absolute Gasteiger partial charge is 0.329 e. The molecule has 0 amide bonds. The van der Waals surface area contributed by atoms with E-state index in [1.807, 2.05) is 11.7 Å². The van der Waals surface area contributed by atoms with Crippen molar-refractivity contribution in [3.63, 3.8) is 0 Å². The lowest BCUT2D eigenvalue weighted by molar-refractivity contribution is 0.107. The van der Waals surface area contributed by atoms with E-state index in [9.17, 15) is 0 Å². The Morgan fingerprint density at radius 2 is 2.11 bits per heavy atom. The molecule has 1 fully saturated rings. The molecule has 1 aliphatic rings. The predicted molar refractivity (Wildman–Crippen MR) is 78.9 cm³/mol. The zero-order chi connectivity index (χ0) is 14.0. The van der Waals surface area contributed by atoms with E-state index in [0.717, 1.165) is 24.7 Å². The third kappa shape index (κ3) is 3.00. The molecule has 108 valence electrons. The van der Waals surface area contributed by atoms with E-state index in [2.05, 4.69) is 30.8 Å². The van der Waals surface area contributed by atoms with Crippen molar-refractivity contribution < 1.29 is 0 Å². The van der Waals surface area contributed by atoms with E-state index < -0.39 is 0 Å². The van der Waals surface area contributed by atoms with Gasteiger partial charge in [0.05, 0.1) is 5.69 Å². The molecule has 4 heteroatoms. The van der Waals surface area contributed by atoms with Gasteiger partial charge in [-0.05, 0) is 39.2 Å². The average Bonchev–Trinajstić information content (AvgIpc) is 2.65. The Kier molecular flexibility index (Phi) is 4.63. The fourth-order valence-electron chi connectivity index (χ4n) is 3.26. The third-order valence-electron chi connectivity index (χ3n) is 4.82. The number of rotatable bonds is 4. The van der Waals surface area contributed by atoms with Crippen molar-refractivity contribution in [1.82, 2.24) is 14.7 Å². The Morgan fingerprint density at radius 3 is 2.63 bits per heavy atom. The van der Waals surface area contributed by atoms with Gasteiger partial charge in [0, 0.05) is 37.4 Å². The minimum absolute atomic E-state index is 0.540. The highest BCUT2D eigenvalue weighted by molar-refractivity contribution is 5.24. The quantitative estimate of drug-likeness (QED) is 0.904. The zero-order valence-electron chi connectivity index (χ0n) is 12.8. The number of nitrogens with two attached hydrogens (primary N) is 1. The molecule has 0 aromatic carbocycles. The summed E-state index contributed by atoms with van der Waals surface area (Å²) in [4.78, 5) is 2.56. The van der Waals surface area contributed by atoms with Crippen LogP contribution in [0.1, 0.15) is 43.1 Å². The van der Waals surface area contributed by atoms with Gasteiger partial charge in [0.15, 0.2) is 0 Å². The van der Waals surface area contributed by atoms with Gasteiger partial charge in [-0.15, -0.1) is 0 Å². The molecule has 2 atom stereocenters. The molecule has 1 aromatic rings. The molecule has 0 saturated carbocycles. The van der Waals surface area contributed by atoms with Gasteiger partial charge >= 0.3 is 0 Å². The number of hydrogen-bond donors (Lipinski definition) is 1. The van der Waals surface area contributed by atoms with Gasteiger partial charge in [0.2, 0.25) is 0 Å². The molecule has 1 aromatic heterocycles. The van der Waals surface area contributed by atoms with Crippen LogP contribution in [-0.4, -0.2) is 33.8 Å². The lowest BCUT2D eigenvalue weighted by atomic mass is 9.88. The van der Waals surface area contributed by atoms with Crippen LogP contribution in [0.25, 0.3) is 0 Å². The summed E-state index contributed by atoms with van der Waals surface area (Å²) in [6.45, 7) is 9.51. The Hall–Kier alpha value is -0.870. The van der Waals surface area contributed by atoms with Gasteiger partial charge in [-0.25, -0.2) is 0 Å². The number of piperidine rings is 1. The van der Waals surface area contributed by atoms with Gasteiger partial charge in [0.1, 0.15) is 0 Å². The fourth-order valence-corrected chi connectivity index (χ4v) is 3.26. The maximum atomic E-state index is 5.98. The number of aryl methyl sites for hydroxylation is 2. The number of nitrogens with zero attached hydrogens (tertiary/aromatic N) is 3. The van der Waals surface area contributed by atoms with Crippen molar-refractivity contribution in [2.45, 2.75) is 52.6 Å². The van der Waals surface area contributed by atoms with Crippen LogP contribution >= 0.6 is 0 Å². The second-order valence-corrected chi connectivity index (χ2v) is 5.93. The third-order valence-corrected chi connectivity index (χ3v) is 4.82. The van der Waals surface area contributed by atoms with Crippen LogP contribution in [0.4, 0.5) is 0 Å². The minimum Gasteiger partial charge on any atom is -0.329 e. The fraction of sp³-hybridized carbons (Fsp3) is 0.800. The number of hydrogen-bond acceptors (Lipinski definition) is 3. The minimum atomic E-state index is 0.540. The maximum Gasteiger partial charge on any atom is 0.0641 e. The number of likely N-dealkylation sites (tertiary alicyclic amines) is 1. The summed E-state index contributed by atoms with van der Waals surface area (Å²) in [7, 11) is 2.02. The summed E-state index contributed by atoms with van der Waals surface area (Å²) in [5, 5.41) is 4.52. The molecule has 0 spiro atoms. The van der Waals surface area contributed by atoms with Crippen LogP contribution in [0.5, 0.6) is 0 Å². The Bertz CT molecular complexity index is 424. The average molecular weight is 264 g/mol. The number of aromatic nitrogens is 2.